The average molecular weight is 376 g/mol. The van der Waals surface area contributed by atoms with Crippen LogP contribution in [0.3, 0.4) is 0 Å². The van der Waals surface area contributed by atoms with Gasteiger partial charge in [-0.1, -0.05) is 30.3 Å². The van der Waals surface area contributed by atoms with Crippen LogP contribution in [-0.4, -0.2) is 62.1 Å². The summed E-state index contributed by atoms with van der Waals surface area (Å²) in [4.78, 5) is 0. The molecule has 6 nitrogen and oxygen atoms in total. The highest BCUT2D eigenvalue weighted by molar-refractivity contribution is 5.90. The Morgan fingerprint density at radius 3 is 2.85 bits per heavy atom. The summed E-state index contributed by atoms with van der Waals surface area (Å²) in [7, 11) is 1.74. The fraction of sp³-hybridized carbons (Fsp3) is 0.667. The molecule has 3 rings (SSSR count). The molecular formula is C21H32N2O4. The van der Waals surface area contributed by atoms with E-state index < -0.39 is 5.79 Å². The topological polar surface area (TPSA) is 52.5 Å². The molecule has 1 aromatic rings. The molecule has 2 aliphatic heterocycles. The molecule has 2 fully saturated rings. The quantitative estimate of drug-likeness (QED) is 0.652. The van der Waals surface area contributed by atoms with Crippen molar-refractivity contribution in [3.8, 4) is 0 Å². The van der Waals surface area contributed by atoms with E-state index in [1.54, 1.807) is 7.11 Å². The Morgan fingerprint density at radius 2 is 2.07 bits per heavy atom. The molecule has 150 valence electrons. The highest BCUT2D eigenvalue weighted by Gasteiger charge is 2.35. The van der Waals surface area contributed by atoms with Crippen LogP contribution in [0.25, 0.3) is 0 Å². The van der Waals surface area contributed by atoms with Crippen LogP contribution in [0, 0.1) is 0 Å². The van der Waals surface area contributed by atoms with Crippen molar-refractivity contribution in [2.24, 2.45) is 5.10 Å². The average Bonchev–Trinajstić information content (AvgIpc) is 3.09. The summed E-state index contributed by atoms with van der Waals surface area (Å²) in [6, 6.07) is 10.6. The van der Waals surface area contributed by atoms with Gasteiger partial charge in [0, 0.05) is 26.7 Å². The Hall–Kier alpha value is -1.47. The first-order chi connectivity index (χ1) is 13.1. The molecule has 0 N–H and O–H groups in total. The normalized spacial score (nSPS) is 26.6. The highest BCUT2D eigenvalue weighted by Crippen LogP contribution is 2.25. The Bertz CT molecular complexity index is 605. The molecule has 2 atom stereocenters. The van der Waals surface area contributed by atoms with Gasteiger partial charge in [0.1, 0.15) is 6.10 Å². The van der Waals surface area contributed by atoms with Gasteiger partial charge in [-0.15, -0.1) is 0 Å². The second-order valence-corrected chi connectivity index (χ2v) is 7.63. The minimum atomic E-state index is -0.597. The first-order valence-electron chi connectivity index (χ1n) is 9.84. The SMILES string of the molecule is COC[C@@H]1CCCN1/N=C1\COC(C)(C)O[C@H]1CCOCc1ccccc1. The molecule has 0 saturated carbocycles. The van der Waals surface area contributed by atoms with E-state index in [2.05, 4.69) is 17.1 Å². The lowest BCUT2D eigenvalue weighted by Gasteiger charge is -2.37. The van der Waals surface area contributed by atoms with Gasteiger partial charge in [-0.2, -0.15) is 5.10 Å². The zero-order valence-corrected chi connectivity index (χ0v) is 16.7. The maximum absolute atomic E-state index is 6.15. The van der Waals surface area contributed by atoms with Crippen LogP contribution >= 0.6 is 0 Å². The maximum Gasteiger partial charge on any atom is 0.164 e. The van der Waals surface area contributed by atoms with E-state index in [1.807, 2.05) is 32.0 Å². The van der Waals surface area contributed by atoms with E-state index in [9.17, 15) is 0 Å². The monoisotopic (exact) mass is 376 g/mol. The zero-order valence-electron chi connectivity index (χ0n) is 16.7. The van der Waals surface area contributed by atoms with Gasteiger partial charge in [-0.05, 0) is 32.3 Å². The fourth-order valence-corrected chi connectivity index (χ4v) is 3.54. The lowest BCUT2D eigenvalue weighted by atomic mass is 10.1. The number of benzene rings is 1. The summed E-state index contributed by atoms with van der Waals surface area (Å²) >= 11 is 0. The third-order valence-electron chi connectivity index (χ3n) is 4.96. The first kappa shape index (κ1) is 20.3. The van der Waals surface area contributed by atoms with E-state index >= 15 is 0 Å². The predicted molar refractivity (Wildman–Crippen MR) is 105 cm³/mol. The van der Waals surface area contributed by atoms with E-state index in [0.717, 1.165) is 31.5 Å². The smallest absolute Gasteiger partial charge is 0.164 e. The van der Waals surface area contributed by atoms with Gasteiger partial charge in [0.2, 0.25) is 0 Å². The van der Waals surface area contributed by atoms with E-state index in [0.29, 0.717) is 32.5 Å². The molecule has 0 bridgehead atoms. The Morgan fingerprint density at radius 1 is 1.26 bits per heavy atom. The fourth-order valence-electron chi connectivity index (χ4n) is 3.54. The van der Waals surface area contributed by atoms with Gasteiger partial charge in [0.25, 0.3) is 0 Å². The minimum Gasteiger partial charge on any atom is -0.382 e. The minimum absolute atomic E-state index is 0.0895. The molecule has 2 heterocycles. The van der Waals surface area contributed by atoms with Gasteiger partial charge in [-0.25, -0.2) is 0 Å². The third kappa shape index (κ3) is 6.01. The van der Waals surface area contributed by atoms with Crippen LogP contribution in [0.4, 0.5) is 0 Å². The molecule has 1 aromatic carbocycles. The summed E-state index contributed by atoms with van der Waals surface area (Å²) in [5.74, 6) is -0.597. The van der Waals surface area contributed by atoms with Crippen LogP contribution < -0.4 is 0 Å². The molecule has 2 aliphatic rings. The molecule has 6 heteroatoms. The largest absolute Gasteiger partial charge is 0.382 e. The predicted octanol–water partition coefficient (Wildman–Crippen LogP) is 3.21. The van der Waals surface area contributed by atoms with Crippen molar-refractivity contribution in [1.82, 2.24) is 5.01 Å². The van der Waals surface area contributed by atoms with Crippen LogP contribution in [0.1, 0.15) is 38.7 Å². The third-order valence-corrected chi connectivity index (χ3v) is 4.96. The van der Waals surface area contributed by atoms with Crippen LogP contribution in [-0.2, 0) is 25.6 Å². The van der Waals surface area contributed by atoms with Crippen molar-refractivity contribution >= 4 is 5.71 Å². The lowest BCUT2D eigenvalue weighted by Crippen LogP contribution is -2.47. The Balaban J connectivity index is 1.57. The second kappa shape index (κ2) is 9.64. The maximum atomic E-state index is 6.15. The number of hydrogen-bond donors (Lipinski definition) is 0. The van der Waals surface area contributed by atoms with Gasteiger partial charge < -0.3 is 18.9 Å². The molecule has 0 spiro atoms. The number of ether oxygens (including phenoxy) is 4. The second-order valence-electron chi connectivity index (χ2n) is 7.63. The number of hydrazone groups is 1. The highest BCUT2D eigenvalue weighted by atomic mass is 16.7. The van der Waals surface area contributed by atoms with Crippen molar-refractivity contribution in [3.63, 3.8) is 0 Å². The van der Waals surface area contributed by atoms with E-state index in [1.165, 1.54) is 5.56 Å². The van der Waals surface area contributed by atoms with Gasteiger partial charge in [-0.3, -0.25) is 5.01 Å². The molecule has 27 heavy (non-hydrogen) atoms. The van der Waals surface area contributed by atoms with Crippen molar-refractivity contribution in [2.75, 3.05) is 33.5 Å². The number of hydrogen-bond acceptors (Lipinski definition) is 6. The summed E-state index contributed by atoms with van der Waals surface area (Å²) in [5, 5.41) is 7.02. The van der Waals surface area contributed by atoms with Crippen LogP contribution in [0.15, 0.2) is 35.4 Å². The van der Waals surface area contributed by atoms with Gasteiger partial charge in [0.15, 0.2) is 5.79 Å². The van der Waals surface area contributed by atoms with Crippen molar-refractivity contribution in [3.05, 3.63) is 35.9 Å². The van der Waals surface area contributed by atoms with Crippen molar-refractivity contribution < 1.29 is 18.9 Å². The number of rotatable bonds is 8. The van der Waals surface area contributed by atoms with Crippen LogP contribution in [0.2, 0.25) is 0 Å². The molecule has 0 aliphatic carbocycles. The number of methoxy groups -OCH3 is 1. The summed E-state index contributed by atoms with van der Waals surface area (Å²) in [5.41, 5.74) is 2.12. The summed E-state index contributed by atoms with van der Waals surface area (Å²) < 4.78 is 23.2. The van der Waals surface area contributed by atoms with Gasteiger partial charge in [0.05, 0.1) is 31.6 Å². The van der Waals surface area contributed by atoms with Crippen molar-refractivity contribution in [1.29, 1.82) is 0 Å². The first-order valence-corrected chi connectivity index (χ1v) is 9.84. The lowest BCUT2D eigenvalue weighted by molar-refractivity contribution is -0.237. The number of nitrogens with zero attached hydrogens (tertiary/aromatic N) is 2. The van der Waals surface area contributed by atoms with Crippen molar-refractivity contribution in [2.45, 2.75) is 57.6 Å². The Labute approximate surface area is 162 Å². The standard InChI is InChI=1S/C21H32N2O4/c1-21(2)26-16-19(22-23-12-7-10-18(23)15-24-3)20(27-21)11-13-25-14-17-8-5-4-6-9-17/h4-6,8-9,18,20H,7,10-16H2,1-3H3/b22-19+/t18-,20-/m0/s1. The molecule has 0 radical (unpaired) electrons. The summed E-state index contributed by atoms with van der Waals surface area (Å²) in [6.07, 6.45) is 2.93. The van der Waals surface area contributed by atoms with Gasteiger partial charge >= 0.3 is 0 Å². The summed E-state index contributed by atoms with van der Waals surface area (Å²) in [6.45, 7) is 7.29. The van der Waals surface area contributed by atoms with E-state index in [4.69, 9.17) is 24.0 Å². The van der Waals surface area contributed by atoms with E-state index in [-0.39, 0.29) is 6.10 Å². The molecule has 0 aromatic heterocycles. The zero-order chi connectivity index (χ0) is 19.1. The molecule has 0 unspecified atom stereocenters. The molecule has 0 amide bonds. The van der Waals surface area contributed by atoms with Crippen LogP contribution in [0.5, 0.6) is 0 Å². The molecular weight excluding hydrogens is 344 g/mol. The Kier molecular flexibility index (Phi) is 7.24. The molecule has 2 saturated heterocycles.